The standard InChI is InChI=1S/C15H19N3O2S/c1-20-8-7-16-10-12-9-14(19)18-15(17-12)11-3-5-13(21-2)6-4-11/h3-6,9,16H,7-8,10H2,1-2H3,(H,17,18,19). The predicted molar refractivity (Wildman–Crippen MR) is 85.7 cm³/mol. The number of H-pyrrole nitrogens is 1. The van der Waals surface area contributed by atoms with Crippen LogP contribution in [0.4, 0.5) is 0 Å². The molecule has 2 N–H and O–H groups in total. The van der Waals surface area contributed by atoms with Gasteiger partial charge in [-0.15, -0.1) is 11.8 Å². The highest BCUT2D eigenvalue weighted by atomic mass is 32.2. The van der Waals surface area contributed by atoms with Gasteiger partial charge >= 0.3 is 0 Å². The van der Waals surface area contributed by atoms with E-state index in [4.69, 9.17) is 4.74 Å². The molecule has 0 saturated heterocycles. The first-order valence-corrected chi connectivity index (χ1v) is 7.89. The molecule has 0 atom stereocenters. The molecular formula is C15H19N3O2S. The Morgan fingerprint density at radius 1 is 1.33 bits per heavy atom. The van der Waals surface area contributed by atoms with E-state index in [1.54, 1.807) is 18.9 Å². The van der Waals surface area contributed by atoms with Crippen LogP contribution >= 0.6 is 11.8 Å². The fourth-order valence-corrected chi connectivity index (χ4v) is 2.28. The summed E-state index contributed by atoms with van der Waals surface area (Å²) in [6, 6.07) is 9.48. The third-order valence-electron chi connectivity index (χ3n) is 2.95. The molecule has 2 aromatic rings. The molecule has 0 bridgehead atoms. The Bertz CT molecular complexity index is 626. The third kappa shape index (κ3) is 4.70. The zero-order chi connectivity index (χ0) is 15.1. The number of ether oxygens (including phenoxy) is 1. The van der Waals surface area contributed by atoms with E-state index in [-0.39, 0.29) is 5.56 Å². The summed E-state index contributed by atoms with van der Waals surface area (Å²) in [4.78, 5) is 20.2. The molecule has 112 valence electrons. The highest BCUT2D eigenvalue weighted by Gasteiger charge is 2.04. The normalized spacial score (nSPS) is 10.8. The van der Waals surface area contributed by atoms with Crippen LogP contribution in [0.1, 0.15) is 5.69 Å². The lowest BCUT2D eigenvalue weighted by Gasteiger charge is -2.06. The molecule has 2 rings (SSSR count). The molecule has 0 fully saturated rings. The molecule has 0 aliphatic carbocycles. The van der Waals surface area contributed by atoms with Crippen molar-refractivity contribution in [3.8, 4) is 11.4 Å². The minimum absolute atomic E-state index is 0.141. The van der Waals surface area contributed by atoms with Crippen molar-refractivity contribution in [2.24, 2.45) is 0 Å². The summed E-state index contributed by atoms with van der Waals surface area (Å²) in [5.41, 5.74) is 1.49. The number of aromatic nitrogens is 2. The van der Waals surface area contributed by atoms with Gasteiger partial charge in [-0.1, -0.05) is 12.1 Å². The minimum Gasteiger partial charge on any atom is -0.383 e. The molecule has 0 saturated carbocycles. The first-order chi connectivity index (χ1) is 10.2. The fourth-order valence-electron chi connectivity index (χ4n) is 1.87. The summed E-state index contributed by atoms with van der Waals surface area (Å²) in [6.45, 7) is 1.90. The van der Waals surface area contributed by atoms with Crippen LogP contribution in [-0.2, 0) is 11.3 Å². The zero-order valence-corrected chi connectivity index (χ0v) is 13.0. The van der Waals surface area contributed by atoms with Crippen molar-refractivity contribution in [2.45, 2.75) is 11.4 Å². The van der Waals surface area contributed by atoms with Crippen LogP contribution < -0.4 is 10.9 Å². The Balaban J connectivity index is 2.15. The van der Waals surface area contributed by atoms with Crippen molar-refractivity contribution in [3.63, 3.8) is 0 Å². The molecule has 0 radical (unpaired) electrons. The van der Waals surface area contributed by atoms with Crippen molar-refractivity contribution in [3.05, 3.63) is 46.4 Å². The van der Waals surface area contributed by atoms with E-state index in [0.717, 1.165) is 17.8 Å². The number of benzene rings is 1. The second-order valence-electron chi connectivity index (χ2n) is 4.48. The van der Waals surface area contributed by atoms with Crippen molar-refractivity contribution < 1.29 is 4.74 Å². The number of aromatic amines is 1. The average Bonchev–Trinajstić information content (AvgIpc) is 2.51. The predicted octanol–water partition coefficient (Wildman–Crippen LogP) is 1.89. The number of hydrogen-bond acceptors (Lipinski definition) is 5. The SMILES string of the molecule is COCCNCc1cc(=O)[nH]c(-c2ccc(SC)cc2)n1. The Kier molecular flexibility index (Phi) is 5.98. The lowest BCUT2D eigenvalue weighted by molar-refractivity contribution is 0.199. The van der Waals surface area contributed by atoms with Gasteiger partial charge in [-0.3, -0.25) is 4.79 Å². The number of thioether (sulfide) groups is 1. The molecule has 0 aliphatic rings. The minimum atomic E-state index is -0.141. The maximum absolute atomic E-state index is 11.7. The second kappa shape index (κ2) is 7.97. The lowest BCUT2D eigenvalue weighted by atomic mass is 10.2. The van der Waals surface area contributed by atoms with Crippen molar-refractivity contribution >= 4 is 11.8 Å². The van der Waals surface area contributed by atoms with Crippen LogP contribution in [0, 0.1) is 0 Å². The van der Waals surface area contributed by atoms with E-state index in [9.17, 15) is 4.79 Å². The zero-order valence-electron chi connectivity index (χ0n) is 12.2. The molecule has 1 aromatic heterocycles. The molecule has 0 unspecified atom stereocenters. The topological polar surface area (TPSA) is 67.0 Å². The van der Waals surface area contributed by atoms with E-state index in [2.05, 4.69) is 15.3 Å². The first kappa shape index (κ1) is 15.8. The van der Waals surface area contributed by atoms with Crippen molar-refractivity contribution in [1.29, 1.82) is 0 Å². The number of rotatable bonds is 7. The summed E-state index contributed by atoms with van der Waals surface area (Å²) < 4.78 is 4.97. The fraction of sp³-hybridized carbons (Fsp3) is 0.333. The van der Waals surface area contributed by atoms with Crippen LogP contribution in [0.3, 0.4) is 0 Å². The summed E-state index contributed by atoms with van der Waals surface area (Å²) in [5, 5.41) is 3.18. The molecule has 6 heteroatoms. The van der Waals surface area contributed by atoms with Crippen molar-refractivity contribution in [1.82, 2.24) is 15.3 Å². The summed E-state index contributed by atoms with van der Waals surface area (Å²) >= 11 is 1.68. The van der Waals surface area contributed by atoms with E-state index < -0.39 is 0 Å². The molecule has 5 nitrogen and oxygen atoms in total. The van der Waals surface area contributed by atoms with E-state index >= 15 is 0 Å². The van der Waals surface area contributed by atoms with Gasteiger partial charge in [0.2, 0.25) is 0 Å². The Hall–Kier alpha value is -1.63. The molecule has 21 heavy (non-hydrogen) atoms. The van der Waals surface area contributed by atoms with Gasteiger partial charge in [0.1, 0.15) is 5.82 Å². The van der Waals surface area contributed by atoms with Crippen LogP contribution in [0.25, 0.3) is 11.4 Å². The summed E-state index contributed by atoms with van der Waals surface area (Å²) in [5.74, 6) is 0.596. The van der Waals surface area contributed by atoms with E-state index in [1.165, 1.54) is 11.0 Å². The molecule has 0 spiro atoms. The Morgan fingerprint density at radius 2 is 2.10 bits per heavy atom. The summed E-state index contributed by atoms with van der Waals surface area (Å²) in [7, 11) is 1.66. The van der Waals surface area contributed by atoms with Crippen LogP contribution in [0.5, 0.6) is 0 Å². The van der Waals surface area contributed by atoms with Gasteiger partial charge in [-0.2, -0.15) is 0 Å². The van der Waals surface area contributed by atoms with Gasteiger partial charge < -0.3 is 15.0 Å². The van der Waals surface area contributed by atoms with Gasteiger partial charge in [0.25, 0.3) is 5.56 Å². The maximum atomic E-state index is 11.7. The number of hydrogen-bond donors (Lipinski definition) is 2. The average molecular weight is 305 g/mol. The lowest BCUT2D eigenvalue weighted by Crippen LogP contribution is -2.21. The smallest absolute Gasteiger partial charge is 0.251 e. The van der Waals surface area contributed by atoms with Gasteiger partial charge in [0, 0.05) is 36.7 Å². The Morgan fingerprint density at radius 3 is 2.76 bits per heavy atom. The maximum Gasteiger partial charge on any atom is 0.251 e. The number of nitrogens with one attached hydrogen (secondary N) is 2. The van der Waals surface area contributed by atoms with Crippen LogP contribution in [0.15, 0.2) is 40.0 Å². The number of methoxy groups -OCH3 is 1. The molecule has 0 amide bonds. The first-order valence-electron chi connectivity index (χ1n) is 6.67. The van der Waals surface area contributed by atoms with E-state index in [1.807, 2.05) is 30.5 Å². The molecule has 0 aliphatic heterocycles. The largest absolute Gasteiger partial charge is 0.383 e. The molecular weight excluding hydrogens is 286 g/mol. The second-order valence-corrected chi connectivity index (χ2v) is 5.36. The molecule has 1 heterocycles. The van der Waals surface area contributed by atoms with Gasteiger partial charge in [0.05, 0.1) is 12.3 Å². The molecule has 1 aromatic carbocycles. The van der Waals surface area contributed by atoms with Gasteiger partial charge in [-0.25, -0.2) is 4.98 Å². The highest BCUT2D eigenvalue weighted by molar-refractivity contribution is 7.98. The van der Waals surface area contributed by atoms with Gasteiger partial charge in [-0.05, 0) is 18.4 Å². The summed E-state index contributed by atoms with van der Waals surface area (Å²) in [6.07, 6.45) is 2.03. The highest BCUT2D eigenvalue weighted by Crippen LogP contribution is 2.19. The monoisotopic (exact) mass is 305 g/mol. The van der Waals surface area contributed by atoms with E-state index in [0.29, 0.717) is 19.0 Å². The number of nitrogens with zero attached hydrogens (tertiary/aromatic N) is 1. The van der Waals surface area contributed by atoms with Gasteiger partial charge in [0.15, 0.2) is 0 Å². The van der Waals surface area contributed by atoms with Crippen LogP contribution in [0.2, 0.25) is 0 Å². The Labute approximate surface area is 128 Å². The van der Waals surface area contributed by atoms with Crippen molar-refractivity contribution in [2.75, 3.05) is 26.5 Å². The van der Waals surface area contributed by atoms with Crippen LogP contribution in [-0.4, -0.2) is 36.5 Å². The quantitative estimate of drug-likeness (QED) is 0.604. The third-order valence-corrected chi connectivity index (χ3v) is 3.69.